The lowest BCUT2D eigenvalue weighted by atomic mass is 10.1. The standard InChI is InChI=1S/C22H25N5O3/c1-2-3-4-15-5-8-18(9-6-15)24-19-10-7-16(13-23-19)20-25-21(30-26-20)17-11-12-27(14-17)22(28)29/h5-10,13,17H,2-4,11-12,14H2,1H3,(H,23,24)(H,28,29). The lowest BCUT2D eigenvalue weighted by Gasteiger charge is -2.09. The molecule has 1 amide bonds. The van der Waals surface area contributed by atoms with E-state index in [2.05, 4.69) is 51.6 Å². The number of nitrogens with one attached hydrogen (secondary N) is 1. The molecule has 2 aromatic heterocycles. The number of carbonyl (C=O) groups is 1. The molecule has 1 atom stereocenters. The fourth-order valence-electron chi connectivity index (χ4n) is 3.54. The van der Waals surface area contributed by atoms with Gasteiger partial charge in [0, 0.05) is 30.5 Å². The van der Waals surface area contributed by atoms with Crippen molar-refractivity contribution in [3.8, 4) is 11.4 Å². The molecule has 156 valence electrons. The Morgan fingerprint density at radius 3 is 2.77 bits per heavy atom. The monoisotopic (exact) mass is 407 g/mol. The van der Waals surface area contributed by atoms with E-state index in [4.69, 9.17) is 9.63 Å². The summed E-state index contributed by atoms with van der Waals surface area (Å²) in [5, 5.41) is 16.4. The Morgan fingerprint density at radius 1 is 1.27 bits per heavy atom. The van der Waals surface area contributed by atoms with Gasteiger partial charge < -0.3 is 19.8 Å². The third-order valence-corrected chi connectivity index (χ3v) is 5.32. The number of aryl methyl sites for hydroxylation is 1. The SMILES string of the molecule is CCCCc1ccc(Nc2ccc(-c3noc(C4CCN(C(=O)O)C4)n3)cn2)cc1. The van der Waals surface area contributed by atoms with E-state index in [1.54, 1.807) is 6.20 Å². The summed E-state index contributed by atoms with van der Waals surface area (Å²) in [4.78, 5) is 21.3. The first kappa shape index (κ1) is 19.9. The summed E-state index contributed by atoms with van der Waals surface area (Å²) in [6.07, 6.45) is 4.97. The Hall–Kier alpha value is -3.42. The summed E-state index contributed by atoms with van der Waals surface area (Å²) in [5.41, 5.74) is 3.08. The predicted molar refractivity (Wildman–Crippen MR) is 113 cm³/mol. The van der Waals surface area contributed by atoms with Crippen LogP contribution in [-0.4, -0.2) is 44.3 Å². The average molecular weight is 407 g/mol. The van der Waals surface area contributed by atoms with Crippen molar-refractivity contribution < 1.29 is 14.4 Å². The van der Waals surface area contributed by atoms with Crippen molar-refractivity contribution in [2.45, 2.75) is 38.5 Å². The molecular weight excluding hydrogens is 382 g/mol. The zero-order valence-corrected chi connectivity index (χ0v) is 16.9. The number of likely N-dealkylation sites (tertiary alicyclic amines) is 1. The van der Waals surface area contributed by atoms with Crippen molar-refractivity contribution >= 4 is 17.6 Å². The molecule has 0 spiro atoms. The number of amides is 1. The molecule has 8 nitrogen and oxygen atoms in total. The number of carboxylic acid groups (broad SMARTS) is 1. The van der Waals surface area contributed by atoms with Crippen molar-refractivity contribution in [1.29, 1.82) is 0 Å². The Bertz CT molecular complexity index is 985. The molecule has 0 saturated carbocycles. The van der Waals surface area contributed by atoms with Gasteiger partial charge in [0.05, 0.1) is 5.92 Å². The quantitative estimate of drug-likeness (QED) is 0.586. The van der Waals surface area contributed by atoms with Gasteiger partial charge in [0.2, 0.25) is 11.7 Å². The molecule has 3 aromatic rings. The van der Waals surface area contributed by atoms with Crippen molar-refractivity contribution in [1.82, 2.24) is 20.0 Å². The third-order valence-electron chi connectivity index (χ3n) is 5.32. The number of benzene rings is 1. The molecular formula is C22H25N5O3. The largest absolute Gasteiger partial charge is 0.465 e. The smallest absolute Gasteiger partial charge is 0.407 e. The van der Waals surface area contributed by atoms with Gasteiger partial charge in [0.15, 0.2) is 0 Å². The minimum atomic E-state index is -0.917. The Balaban J connectivity index is 1.38. The van der Waals surface area contributed by atoms with E-state index in [0.29, 0.717) is 31.2 Å². The third kappa shape index (κ3) is 4.59. The fourth-order valence-corrected chi connectivity index (χ4v) is 3.54. The van der Waals surface area contributed by atoms with Crippen LogP contribution in [0.1, 0.15) is 43.6 Å². The van der Waals surface area contributed by atoms with Gasteiger partial charge in [-0.1, -0.05) is 30.6 Å². The van der Waals surface area contributed by atoms with Gasteiger partial charge in [-0.2, -0.15) is 4.98 Å². The van der Waals surface area contributed by atoms with Crippen molar-refractivity contribution in [3.05, 3.63) is 54.0 Å². The van der Waals surface area contributed by atoms with Gasteiger partial charge in [-0.25, -0.2) is 9.78 Å². The molecule has 0 bridgehead atoms. The van der Waals surface area contributed by atoms with E-state index in [-0.39, 0.29) is 5.92 Å². The normalized spacial score (nSPS) is 16.0. The second-order valence-corrected chi connectivity index (χ2v) is 7.53. The molecule has 8 heteroatoms. The molecule has 0 aliphatic carbocycles. The van der Waals surface area contributed by atoms with Crippen LogP contribution < -0.4 is 5.32 Å². The summed E-state index contributed by atoms with van der Waals surface area (Å²) >= 11 is 0. The maximum absolute atomic E-state index is 11.1. The summed E-state index contributed by atoms with van der Waals surface area (Å²) in [7, 11) is 0. The Morgan fingerprint density at radius 2 is 2.10 bits per heavy atom. The van der Waals surface area contributed by atoms with E-state index in [1.807, 2.05) is 12.1 Å². The maximum atomic E-state index is 11.1. The number of hydrogen-bond donors (Lipinski definition) is 2. The molecule has 1 unspecified atom stereocenters. The first-order chi connectivity index (χ1) is 14.6. The van der Waals surface area contributed by atoms with Gasteiger partial charge in [-0.05, 0) is 49.1 Å². The lowest BCUT2D eigenvalue weighted by molar-refractivity contribution is 0.154. The van der Waals surface area contributed by atoms with Gasteiger partial charge in [-0.15, -0.1) is 0 Å². The van der Waals surface area contributed by atoms with E-state index in [9.17, 15) is 4.79 Å². The number of aromatic nitrogens is 3. The average Bonchev–Trinajstić information content (AvgIpc) is 3.44. The van der Waals surface area contributed by atoms with Crippen molar-refractivity contribution in [2.24, 2.45) is 0 Å². The molecule has 1 aromatic carbocycles. The first-order valence-corrected chi connectivity index (χ1v) is 10.3. The van der Waals surface area contributed by atoms with E-state index >= 15 is 0 Å². The van der Waals surface area contributed by atoms with E-state index < -0.39 is 6.09 Å². The number of nitrogens with zero attached hydrogens (tertiary/aromatic N) is 4. The molecule has 1 fully saturated rings. The molecule has 1 aliphatic rings. The zero-order chi connectivity index (χ0) is 20.9. The topological polar surface area (TPSA) is 104 Å². The molecule has 2 N–H and O–H groups in total. The maximum Gasteiger partial charge on any atom is 0.407 e. The lowest BCUT2D eigenvalue weighted by Crippen LogP contribution is -2.26. The van der Waals surface area contributed by atoms with Crippen LogP contribution in [0, 0.1) is 0 Å². The zero-order valence-electron chi connectivity index (χ0n) is 16.9. The van der Waals surface area contributed by atoms with Gasteiger partial charge in [0.1, 0.15) is 5.82 Å². The van der Waals surface area contributed by atoms with Crippen LogP contribution in [0.3, 0.4) is 0 Å². The summed E-state index contributed by atoms with van der Waals surface area (Å²) in [6.45, 7) is 3.07. The summed E-state index contributed by atoms with van der Waals surface area (Å²) in [6, 6.07) is 12.2. The molecule has 1 saturated heterocycles. The number of unbranched alkanes of at least 4 members (excludes halogenated alkanes) is 1. The second kappa shape index (κ2) is 8.94. The van der Waals surface area contributed by atoms with Crippen LogP contribution in [0.2, 0.25) is 0 Å². The minimum absolute atomic E-state index is 0.0588. The highest BCUT2D eigenvalue weighted by atomic mass is 16.5. The summed E-state index contributed by atoms with van der Waals surface area (Å²) in [5.74, 6) is 1.60. The van der Waals surface area contributed by atoms with Crippen LogP contribution in [0.4, 0.5) is 16.3 Å². The Labute approximate surface area is 174 Å². The van der Waals surface area contributed by atoms with Crippen LogP contribution >= 0.6 is 0 Å². The number of hydrogen-bond acceptors (Lipinski definition) is 6. The van der Waals surface area contributed by atoms with Crippen LogP contribution in [0.25, 0.3) is 11.4 Å². The molecule has 0 radical (unpaired) electrons. The molecule has 3 heterocycles. The molecule has 4 rings (SSSR count). The highest BCUT2D eigenvalue weighted by Crippen LogP contribution is 2.28. The predicted octanol–water partition coefficient (Wildman–Crippen LogP) is 4.69. The van der Waals surface area contributed by atoms with Crippen LogP contribution in [0.15, 0.2) is 47.1 Å². The summed E-state index contributed by atoms with van der Waals surface area (Å²) < 4.78 is 5.37. The highest BCUT2D eigenvalue weighted by molar-refractivity contribution is 5.65. The molecule has 30 heavy (non-hydrogen) atoms. The van der Waals surface area contributed by atoms with Crippen LogP contribution in [-0.2, 0) is 6.42 Å². The van der Waals surface area contributed by atoms with Crippen molar-refractivity contribution in [2.75, 3.05) is 18.4 Å². The highest BCUT2D eigenvalue weighted by Gasteiger charge is 2.31. The first-order valence-electron chi connectivity index (χ1n) is 10.3. The number of rotatable bonds is 7. The van der Waals surface area contributed by atoms with Crippen molar-refractivity contribution in [3.63, 3.8) is 0 Å². The number of pyridine rings is 1. The number of anilines is 2. The van der Waals surface area contributed by atoms with Gasteiger partial charge >= 0.3 is 6.09 Å². The van der Waals surface area contributed by atoms with Crippen LogP contribution in [0.5, 0.6) is 0 Å². The Kier molecular flexibility index (Phi) is 5.92. The second-order valence-electron chi connectivity index (χ2n) is 7.53. The minimum Gasteiger partial charge on any atom is -0.465 e. The van der Waals surface area contributed by atoms with E-state index in [0.717, 1.165) is 23.5 Å². The van der Waals surface area contributed by atoms with Gasteiger partial charge in [-0.3, -0.25) is 0 Å². The fraction of sp³-hybridized carbons (Fsp3) is 0.364. The van der Waals surface area contributed by atoms with E-state index in [1.165, 1.54) is 23.3 Å². The van der Waals surface area contributed by atoms with Gasteiger partial charge in [0.25, 0.3) is 0 Å². The molecule has 1 aliphatic heterocycles.